The van der Waals surface area contributed by atoms with E-state index in [2.05, 4.69) is 20.8 Å². The molecule has 0 bridgehead atoms. The van der Waals surface area contributed by atoms with Gasteiger partial charge in [0.1, 0.15) is 5.76 Å². The SMILES string of the molecule is Cc1ccc2c(c1)c(=O)n(CCC(=O)NC(C)C)c1nnc(SCC(=O)NCc3ccco3)n21. The van der Waals surface area contributed by atoms with E-state index in [9.17, 15) is 14.4 Å². The number of fused-ring (bicyclic) bond motifs is 3. The van der Waals surface area contributed by atoms with Crippen molar-refractivity contribution in [2.24, 2.45) is 0 Å². The van der Waals surface area contributed by atoms with Crippen LogP contribution in [-0.4, -0.2) is 42.8 Å². The van der Waals surface area contributed by atoms with E-state index in [1.165, 1.54) is 16.3 Å². The van der Waals surface area contributed by atoms with E-state index in [1.807, 2.05) is 39.0 Å². The summed E-state index contributed by atoms with van der Waals surface area (Å²) in [6.45, 7) is 6.14. The fourth-order valence-corrected chi connectivity index (χ4v) is 4.35. The Balaban J connectivity index is 1.63. The van der Waals surface area contributed by atoms with Gasteiger partial charge in [-0.1, -0.05) is 23.4 Å². The van der Waals surface area contributed by atoms with Crippen LogP contribution in [0, 0.1) is 6.92 Å². The van der Waals surface area contributed by atoms with Crippen molar-refractivity contribution in [1.29, 1.82) is 0 Å². The van der Waals surface area contributed by atoms with Crippen LogP contribution in [0.2, 0.25) is 0 Å². The molecule has 0 atom stereocenters. The summed E-state index contributed by atoms with van der Waals surface area (Å²) in [5, 5.41) is 15.1. The summed E-state index contributed by atoms with van der Waals surface area (Å²) >= 11 is 1.22. The highest BCUT2D eigenvalue weighted by Gasteiger charge is 2.18. The highest BCUT2D eigenvalue weighted by Crippen LogP contribution is 2.22. The first kappa shape index (κ1) is 23.6. The maximum Gasteiger partial charge on any atom is 0.262 e. The Bertz CT molecular complexity index is 1390. The molecule has 178 valence electrons. The highest BCUT2D eigenvalue weighted by molar-refractivity contribution is 7.99. The number of hydrogen-bond donors (Lipinski definition) is 2. The predicted octanol–water partition coefficient (Wildman–Crippen LogP) is 2.27. The van der Waals surface area contributed by atoms with E-state index in [-0.39, 0.29) is 42.1 Å². The minimum atomic E-state index is -0.233. The molecule has 0 spiro atoms. The molecular formula is C23H26N6O4S. The molecule has 2 N–H and O–H groups in total. The second-order valence-electron chi connectivity index (χ2n) is 8.21. The highest BCUT2D eigenvalue weighted by atomic mass is 32.2. The summed E-state index contributed by atoms with van der Waals surface area (Å²) in [5.41, 5.74) is 1.35. The molecule has 4 aromatic rings. The molecule has 0 unspecified atom stereocenters. The number of rotatable bonds is 9. The Hall–Kier alpha value is -3.60. The second-order valence-corrected chi connectivity index (χ2v) is 9.15. The molecule has 3 aromatic heterocycles. The van der Waals surface area contributed by atoms with Gasteiger partial charge in [0.05, 0.1) is 29.5 Å². The van der Waals surface area contributed by atoms with Crippen LogP contribution < -0.4 is 16.2 Å². The zero-order chi connectivity index (χ0) is 24.2. The Labute approximate surface area is 199 Å². The molecule has 0 saturated carbocycles. The van der Waals surface area contributed by atoms with E-state index >= 15 is 0 Å². The van der Waals surface area contributed by atoms with Gasteiger partial charge in [-0.2, -0.15) is 0 Å². The number of hydrogen-bond acceptors (Lipinski definition) is 7. The molecule has 1 aromatic carbocycles. The minimum absolute atomic E-state index is 0.0125. The summed E-state index contributed by atoms with van der Waals surface area (Å²) in [5.74, 6) is 0.782. The summed E-state index contributed by atoms with van der Waals surface area (Å²) in [7, 11) is 0. The average molecular weight is 483 g/mol. The van der Waals surface area contributed by atoms with E-state index in [0.717, 1.165) is 5.56 Å². The first-order valence-corrected chi connectivity index (χ1v) is 11.9. The van der Waals surface area contributed by atoms with Gasteiger partial charge in [-0.25, -0.2) is 0 Å². The van der Waals surface area contributed by atoms with Crippen LogP contribution in [0.15, 0.2) is 51.0 Å². The summed E-state index contributed by atoms with van der Waals surface area (Å²) in [6, 6.07) is 9.13. The van der Waals surface area contributed by atoms with Gasteiger partial charge in [0.2, 0.25) is 17.6 Å². The summed E-state index contributed by atoms with van der Waals surface area (Å²) in [4.78, 5) is 37.8. The lowest BCUT2D eigenvalue weighted by Crippen LogP contribution is -2.32. The monoisotopic (exact) mass is 482 g/mol. The molecule has 0 aliphatic carbocycles. The lowest BCUT2D eigenvalue weighted by atomic mass is 10.1. The third-order valence-corrected chi connectivity index (χ3v) is 6.04. The van der Waals surface area contributed by atoms with Crippen molar-refractivity contribution in [3.8, 4) is 0 Å². The number of aromatic nitrogens is 4. The summed E-state index contributed by atoms with van der Waals surface area (Å²) < 4.78 is 8.46. The molecule has 0 aliphatic rings. The minimum Gasteiger partial charge on any atom is -0.467 e. The van der Waals surface area contributed by atoms with Crippen molar-refractivity contribution in [2.75, 3.05) is 5.75 Å². The molecule has 0 saturated heterocycles. The molecule has 34 heavy (non-hydrogen) atoms. The Morgan fingerprint density at radius 3 is 2.74 bits per heavy atom. The van der Waals surface area contributed by atoms with Crippen LogP contribution in [0.25, 0.3) is 16.7 Å². The van der Waals surface area contributed by atoms with Crippen LogP contribution in [-0.2, 0) is 22.7 Å². The Morgan fingerprint density at radius 2 is 2.00 bits per heavy atom. The maximum absolute atomic E-state index is 13.3. The van der Waals surface area contributed by atoms with Crippen molar-refractivity contribution in [3.63, 3.8) is 0 Å². The van der Waals surface area contributed by atoms with Gasteiger partial charge < -0.3 is 15.1 Å². The summed E-state index contributed by atoms with van der Waals surface area (Å²) in [6.07, 6.45) is 1.69. The number of nitrogens with zero attached hydrogens (tertiary/aromatic N) is 4. The van der Waals surface area contributed by atoms with E-state index in [4.69, 9.17) is 4.42 Å². The quantitative estimate of drug-likeness (QED) is 0.351. The number of thioether (sulfide) groups is 1. The first-order chi connectivity index (χ1) is 16.3. The van der Waals surface area contributed by atoms with Crippen molar-refractivity contribution in [2.45, 2.75) is 51.5 Å². The van der Waals surface area contributed by atoms with Crippen LogP contribution in [0.1, 0.15) is 31.6 Å². The third kappa shape index (κ3) is 5.14. The lowest BCUT2D eigenvalue weighted by Gasteiger charge is -2.13. The molecule has 0 aliphatic heterocycles. The van der Waals surface area contributed by atoms with Crippen LogP contribution >= 0.6 is 11.8 Å². The van der Waals surface area contributed by atoms with Crippen molar-refractivity contribution in [1.82, 2.24) is 29.8 Å². The smallest absolute Gasteiger partial charge is 0.262 e. The van der Waals surface area contributed by atoms with Crippen LogP contribution in [0.5, 0.6) is 0 Å². The van der Waals surface area contributed by atoms with E-state index < -0.39 is 0 Å². The Morgan fingerprint density at radius 1 is 1.18 bits per heavy atom. The van der Waals surface area contributed by atoms with E-state index in [0.29, 0.717) is 34.1 Å². The number of carbonyl (C=O) groups excluding carboxylic acids is 2. The normalized spacial score (nSPS) is 11.4. The number of aryl methyl sites for hydroxylation is 2. The number of benzene rings is 1. The van der Waals surface area contributed by atoms with Crippen molar-refractivity contribution in [3.05, 3.63) is 58.3 Å². The third-order valence-electron chi connectivity index (χ3n) is 5.11. The predicted molar refractivity (Wildman–Crippen MR) is 129 cm³/mol. The van der Waals surface area contributed by atoms with Crippen molar-refractivity contribution >= 4 is 40.3 Å². The standard InChI is InChI=1S/C23H26N6O4S/c1-14(2)25-19(30)8-9-28-21(32)17-11-15(3)6-7-18(17)29-22(28)26-27-23(29)34-13-20(31)24-12-16-5-4-10-33-16/h4-7,10-11,14H,8-9,12-13H2,1-3H3,(H,24,31)(H,25,30). The van der Waals surface area contributed by atoms with Gasteiger partial charge in [0.25, 0.3) is 5.56 Å². The Kier molecular flexibility index (Phi) is 7.01. The number of amides is 2. The van der Waals surface area contributed by atoms with Gasteiger partial charge in [-0.15, -0.1) is 10.2 Å². The van der Waals surface area contributed by atoms with E-state index in [1.54, 1.807) is 22.8 Å². The number of furan rings is 1. The number of carbonyl (C=O) groups is 2. The molecule has 0 radical (unpaired) electrons. The second kappa shape index (κ2) is 10.1. The average Bonchev–Trinajstić information content (AvgIpc) is 3.46. The lowest BCUT2D eigenvalue weighted by molar-refractivity contribution is -0.122. The van der Waals surface area contributed by atoms with Crippen molar-refractivity contribution < 1.29 is 14.0 Å². The van der Waals surface area contributed by atoms with Gasteiger partial charge in [0.15, 0.2) is 5.16 Å². The molecule has 3 heterocycles. The fourth-order valence-electron chi connectivity index (χ4n) is 3.58. The van der Waals surface area contributed by atoms with Gasteiger partial charge in [0, 0.05) is 19.0 Å². The van der Waals surface area contributed by atoms with Crippen LogP contribution in [0.3, 0.4) is 0 Å². The zero-order valence-electron chi connectivity index (χ0n) is 19.2. The molecular weight excluding hydrogens is 456 g/mol. The zero-order valence-corrected chi connectivity index (χ0v) is 20.0. The molecule has 2 amide bonds. The molecule has 10 nitrogen and oxygen atoms in total. The largest absolute Gasteiger partial charge is 0.467 e. The maximum atomic E-state index is 13.3. The van der Waals surface area contributed by atoms with Gasteiger partial charge >= 0.3 is 0 Å². The molecule has 0 fully saturated rings. The molecule has 4 rings (SSSR count). The van der Waals surface area contributed by atoms with Gasteiger partial charge in [-0.05, 0) is 45.0 Å². The topological polar surface area (TPSA) is 124 Å². The first-order valence-electron chi connectivity index (χ1n) is 10.9. The molecule has 11 heteroatoms. The number of nitrogens with one attached hydrogen (secondary N) is 2. The van der Waals surface area contributed by atoms with Gasteiger partial charge in [-0.3, -0.25) is 23.4 Å². The van der Waals surface area contributed by atoms with Crippen LogP contribution in [0.4, 0.5) is 0 Å². The fraction of sp³-hybridized carbons (Fsp3) is 0.348.